The van der Waals surface area contributed by atoms with Gasteiger partial charge in [-0.3, -0.25) is 4.79 Å². The summed E-state index contributed by atoms with van der Waals surface area (Å²) in [6.07, 6.45) is 0. The smallest absolute Gasteiger partial charge is 0.180 e. The lowest BCUT2D eigenvalue weighted by Crippen LogP contribution is -2.42. The minimum Gasteiger partial charge on any atom is -0.493 e. The first-order chi connectivity index (χ1) is 8.31. The molecule has 100 valence electrons. The van der Waals surface area contributed by atoms with Gasteiger partial charge in [-0.2, -0.15) is 0 Å². The van der Waals surface area contributed by atoms with Crippen LogP contribution in [0.25, 0.3) is 0 Å². The maximum absolute atomic E-state index is 12.2. The van der Waals surface area contributed by atoms with E-state index >= 15 is 0 Å². The molecule has 0 bridgehead atoms. The van der Waals surface area contributed by atoms with E-state index in [2.05, 4.69) is 0 Å². The summed E-state index contributed by atoms with van der Waals surface area (Å²) in [5.74, 6) is 1.03. The highest BCUT2D eigenvalue weighted by Crippen LogP contribution is 2.29. The third kappa shape index (κ3) is 3.01. The summed E-state index contributed by atoms with van der Waals surface area (Å²) in [6.45, 7) is 5.82. The summed E-state index contributed by atoms with van der Waals surface area (Å²) in [6, 6.07) is 4.53. The molecule has 0 aromatic heterocycles. The Kier molecular flexibility index (Phi) is 4.35. The van der Waals surface area contributed by atoms with Gasteiger partial charge >= 0.3 is 0 Å². The van der Waals surface area contributed by atoms with Crippen LogP contribution in [-0.4, -0.2) is 26.0 Å². The molecule has 0 heterocycles. The van der Waals surface area contributed by atoms with E-state index in [1.54, 1.807) is 25.3 Å². The van der Waals surface area contributed by atoms with Gasteiger partial charge in [0.1, 0.15) is 0 Å². The average Bonchev–Trinajstić information content (AvgIpc) is 2.34. The van der Waals surface area contributed by atoms with Crippen LogP contribution in [0.4, 0.5) is 0 Å². The molecule has 1 rings (SSSR count). The van der Waals surface area contributed by atoms with Crippen molar-refractivity contribution in [3.8, 4) is 11.5 Å². The largest absolute Gasteiger partial charge is 0.493 e. The second-order valence-electron chi connectivity index (χ2n) is 5.28. The van der Waals surface area contributed by atoms with Crippen molar-refractivity contribution in [1.82, 2.24) is 0 Å². The van der Waals surface area contributed by atoms with E-state index in [0.717, 1.165) is 0 Å². The Morgan fingerprint density at radius 3 is 2.17 bits per heavy atom. The first-order valence-electron chi connectivity index (χ1n) is 5.83. The molecular weight excluding hydrogens is 230 g/mol. The Bertz CT molecular complexity index is 435. The molecule has 0 saturated heterocycles. The predicted octanol–water partition coefficient (Wildman–Crippen LogP) is 2.26. The van der Waals surface area contributed by atoms with Crippen molar-refractivity contribution in [2.75, 3.05) is 14.2 Å². The molecule has 0 aliphatic rings. The first kappa shape index (κ1) is 14.5. The quantitative estimate of drug-likeness (QED) is 0.834. The van der Waals surface area contributed by atoms with Gasteiger partial charge in [0.15, 0.2) is 17.3 Å². The van der Waals surface area contributed by atoms with Gasteiger partial charge in [-0.15, -0.1) is 0 Å². The number of carbonyl (C=O) groups excluding carboxylic acids is 1. The molecule has 0 radical (unpaired) electrons. The van der Waals surface area contributed by atoms with Crippen LogP contribution < -0.4 is 15.2 Å². The molecule has 1 aromatic carbocycles. The van der Waals surface area contributed by atoms with E-state index in [4.69, 9.17) is 15.2 Å². The van der Waals surface area contributed by atoms with Crippen LogP contribution in [0.3, 0.4) is 0 Å². The van der Waals surface area contributed by atoms with Gasteiger partial charge in [0, 0.05) is 5.56 Å². The topological polar surface area (TPSA) is 61.5 Å². The summed E-state index contributed by atoms with van der Waals surface area (Å²) in [4.78, 5) is 12.2. The number of ketones is 1. The van der Waals surface area contributed by atoms with Gasteiger partial charge in [0.25, 0.3) is 0 Å². The molecule has 0 spiro atoms. The Morgan fingerprint density at radius 1 is 1.17 bits per heavy atom. The lowest BCUT2D eigenvalue weighted by atomic mass is 9.83. The standard InChI is InChI=1S/C14H21NO3/c1-14(2,3)13(15)12(16)9-6-7-10(17-4)11(8-9)18-5/h6-8,13H,15H2,1-5H3. The third-order valence-electron chi connectivity index (χ3n) is 2.88. The van der Waals surface area contributed by atoms with Crippen LogP contribution in [0.15, 0.2) is 18.2 Å². The molecular formula is C14H21NO3. The monoisotopic (exact) mass is 251 g/mol. The molecule has 0 amide bonds. The third-order valence-corrected chi connectivity index (χ3v) is 2.88. The van der Waals surface area contributed by atoms with Crippen molar-refractivity contribution in [2.24, 2.45) is 11.1 Å². The zero-order chi connectivity index (χ0) is 13.9. The zero-order valence-corrected chi connectivity index (χ0v) is 11.6. The van der Waals surface area contributed by atoms with Crippen LogP contribution in [-0.2, 0) is 0 Å². The van der Waals surface area contributed by atoms with Gasteiger partial charge < -0.3 is 15.2 Å². The van der Waals surface area contributed by atoms with Gasteiger partial charge in [-0.25, -0.2) is 0 Å². The lowest BCUT2D eigenvalue weighted by molar-refractivity contribution is 0.0901. The van der Waals surface area contributed by atoms with Gasteiger partial charge in [-0.1, -0.05) is 20.8 Å². The summed E-state index contributed by atoms with van der Waals surface area (Å²) in [7, 11) is 3.09. The van der Waals surface area contributed by atoms with Crippen LogP contribution in [0.2, 0.25) is 0 Å². The van der Waals surface area contributed by atoms with E-state index in [9.17, 15) is 4.79 Å². The number of nitrogens with two attached hydrogens (primary N) is 1. The molecule has 2 N–H and O–H groups in total. The minimum absolute atomic E-state index is 0.0940. The number of benzene rings is 1. The number of rotatable bonds is 4. The summed E-state index contributed by atoms with van der Waals surface area (Å²) in [5, 5.41) is 0. The number of Topliss-reactive ketones (excluding diaryl/α,β-unsaturated/α-hetero) is 1. The van der Waals surface area contributed by atoms with E-state index in [-0.39, 0.29) is 11.2 Å². The van der Waals surface area contributed by atoms with Crippen molar-refractivity contribution in [1.29, 1.82) is 0 Å². The first-order valence-corrected chi connectivity index (χ1v) is 5.83. The summed E-state index contributed by atoms with van der Waals surface area (Å²) >= 11 is 0. The predicted molar refractivity (Wildman–Crippen MR) is 71.3 cm³/mol. The van der Waals surface area contributed by atoms with Gasteiger partial charge in [0.2, 0.25) is 0 Å². The fraction of sp³-hybridized carbons (Fsp3) is 0.500. The second kappa shape index (κ2) is 5.40. The van der Waals surface area contributed by atoms with Gasteiger partial charge in [-0.05, 0) is 23.6 Å². The van der Waals surface area contributed by atoms with Crippen LogP contribution >= 0.6 is 0 Å². The van der Waals surface area contributed by atoms with Crippen molar-refractivity contribution < 1.29 is 14.3 Å². The molecule has 0 fully saturated rings. The molecule has 0 aliphatic heterocycles. The molecule has 4 nitrogen and oxygen atoms in total. The van der Waals surface area contributed by atoms with Gasteiger partial charge in [0.05, 0.1) is 20.3 Å². The molecule has 1 aromatic rings. The number of methoxy groups -OCH3 is 2. The SMILES string of the molecule is COc1ccc(C(=O)C(N)C(C)(C)C)cc1OC. The highest BCUT2D eigenvalue weighted by molar-refractivity contribution is 6.01. The molecule has 4 heteroatoms. The van der Waals surface area contributed by atoms with E-state index in [0.29, 0.717) is 17.1 Å². The Labute approximate surface area is 108 Å². The van der Waals surface area contributed by atoms with Crippen molar-refractivity contribution in [3.05, 3.63) is 23.8 Å². The normalized spacial score (nSPS) is 13.0. The zero-order valence-electron chi connectivity index (χ0n) is 11.6. The Hall–Kier alpha value is -1.55. The van der Waals surface area contributed by atoms with E-state index < -0.39 is 6.04 Å². The number of hydrogen-bond donors (Lipinski definition) is 1. The molecule has 1 unspecified atom stereocenters. The Morgan fingerprint density at radius 2 is 1.72 bits per heavy atom. The highest BCUT2D eigenvalue weighted by atomic mass is 16.5. The maximum atomic E-state index is 12.2. The van der Waals surface area contributed by atoms with Crippen LogP contribution in [0.1, 0.15) is 31.1 Å². The lowest BCUT2D eigenvalue weighted by Gasteiger charge is -2.25. The van der Waals surface area contributed by atoms with E-state index in [1.165, 1.54) is 7.11 Å². The molecule has 0 saturated carbocycles. The number of ether oxygens (including phenoxy) is 2. The molecule has 1 atom stereocenters. The van der Waals surface area contributed by atoms with Crippen molar-refractivity contribution in [3.63, 3.8) is 0 Å². The number of carbonyl (C=O) groups is 1. The summed E-state index contributed by atoms with van der Waals surface area (Å²) < 4.78 is 10.3. The van der Waals surface area contributed by atoms with Crippen molar-refractivity contribution >= 4 is 5.78 Å². The van der Waals surface area contributed by atoms with E-state index in [1.807, 2.05) is 20.8 Å². The maximum Gasteiger partial charge on any atom is 0.180 e. The second-order valence-corrected chi connectivity index (χ2v) is 5.28. The average molecular weight is 251 g/mol. The van der Waals surface area contributed by atoms with Crippen LogP contribution in [0, 0.1) is 5.41 Å². The minimum atomic E-state index is -0.546. The molecule has 18 heavy (non-hydrogen) atoms. The van der Waals surface area contributed by atoms with Crippen LogP contribution in [0.5, 0.6) is 11.5 Å². The fourth-order valence-corrected chi connectivity index (χ4v) is 1.56. The highest BCUT2D eigenvalue weighted by Gasteiger charge is 2.28. The number of hydrogen-bond acceptors (Lipinski definition) is 4. The van der Waals surface area contributed by atoms with Crippen molar-refractivity contribution in [2.45, 2.75) is 26.8 Å². The summed E-state index contributed by atoms with van der Waals surface area (Å²) in [5.41, 5.74) is 6.23. The Balaban J connectivity index is 3.08. The fourth-order valence-electron chi connectivity index (χ4n) is 1.56. The molecule has 0 aliphatic carbocycles.